The molecule has 6 heteroatoms. The number of carbonyl (C=O) groups excluding carboxylic acids is 1. The highest BCUT2D eigenvalue weighted by molar-refractivity contribution is 6.33. The van der Waals surface area contributed by atoms with Crippen LogP contribution in [0.2, 0.25) is 5.15 Å². The van der Waals surface area contributed by atoms with Gasteiger partial charge in [-0.15, -0.1) is 0 Å². The second-order valence-corrected chi connectivity index (χ2v) is 6.30. The summed E-state index contributed by atoms with van der Waals surface area (Å²) in [4.78, 5) is 16.5. The Morgan fingerprint density at radius 1 is 1.16 bits per heavy atom. The number of halogens is 1. The number of pyridine rings is 1. The number of carbonyl (C=O) groups is 1. The van der Waals surface area contributed by atoms with Crippen LogP contribution in [0.25, 0.3) is 0 Å². The predicted octanol–water partition coefficient (Wildman–Crippen LogP) is 3.53. The van der Waals surface area contributed by atoms with Gasteiger partial charge in [0.15, 0.2) is 0 Å². The summed E-state index contributed by atoms with van der Waals surface area (Å²) >= 11 is 6.41. The monoisotopic (exact) mass is 354 g/mol. The van der Waals surface area contributed by atoms with Gasteiger partial charge in [-0.3, -0.25) is 9.78 Å². The average molecular weight is 355 g/mol. The van der Waals surface area contributed by atoms with Crippen LogP contribution >= 0.6 is 11.6 Å². The van der Waals surface area contributed by atoms with E-state index in [1.807, 2.05) is 43.3 Å². The van der Waals surface area contributed by atoms with Crippen LogP contribution in [0.5, 0.6) is 0 Å². The molecular weight excluding hydrogens is 336 g/mol. The van der Waals surface area contributed by atoms with Crippen molar-refractivity contribution in [2.24, 2.45) is 0 Å². The van der Waals surface area contributed by atoms with E-state index in [1.165, 1.54) is 5.56 Å². The van der Waals surface area contributed by atoms with Crippen LogP contribution in [0.4, 0.5) is 0 Å². The minimum atomic E-state index is -0.235. The van der Waals surface area contributed by atoms with Gasteiger partial charge in [-0.1, -0.05) is 47.5 Å². The molecule has 0 unspecified atom stereocenters. The maximum atomic E-state index is 12.5. The van der Waals surface area contributed by atoms with Crippen molar-refractivity contribution in [3.63, 3.8) is 0 Å². The van der Waals surface area contributed by atoms with E-state index in [4.69, 9.17) is 11.6 Å². The Balaban J connectivity index is 1.74. The molecule has 0 aliphatic heterocycles. The molecule has 25 heavy (non-hydrogen) atoms. The minimum absolute atomic E-state index is 0.235. The normalized spacial score (nSPS) is 10.7. The van der Waals surface area contributed by atoms with Gasteiger partial charge in [0, 0.05) is 18.9 Å². The Morgan fingerprint density at radius 3 is 2.60 bits per heavy atom. The maximum absolute atomic E-state index is 12.5. The Labute approximate surface area is 151 Å². The number of hydrogen-bond acceptors (Lipinski definition) is 3. The van der Waals surface area contributed by atoms with Crippen molar-refractivity contribution in [3.05, 3.63) is 81.9 Å². The quantitative estimate of drug-likeness (QED) is 0.762. The van der Waals surface area contributed by atoms with E-state index in [9.17, 15) is 4.79 Å². The fourth-order valence-corrected chi connectivity index (χ4v) is 2.88. The van der Waals surface area contributed by atoms with Gasteiger partial charge in [0.1, 0.15) is 5.15 Å². The van der Waals surface area contributed by atoms with Crippen LogP contribution in [-0.4, -0.2) is 20.7 Å². The Morgan fingerprint density at radius 2 is 1.92 bits per heavy atom. The van der Waals surface area contributed by atoms with Crippen LogP contribution in [0.1, 0.15) is 32.7 Å². The molecule has 0 saturated carbocycles. The fraction of sp³-hybridized carbons (Fsp3) is 0.211. The number of aryl methyl sites for hydroxylation is 2. The lowest BCUT2D eigenvalue weighted by Crippen LogP contribution is -2.23. The first kappa shape index (κ1) is 17.2. The van der Waals surface area contributed by atoms with E-state index in [0.29, 0.717) is 29.5 Å². The van der Waals surface area contributed by atoms with Gasteiger partial charge >= 0.3 is 0 Å². The van der Waals surface area contributed by atoms with Crippen molar-refractivity contribution in [1.82, 2.24) is 20.1 Å². The van der Waals surface area contributed by atoms with Crippen LogP contribution in [0.15, 0.2) is 48.8 Å². The van der Waals surface area contributed by atoms with Crippen LogP contribution in [0.3, 0.4) is 0 Å². The maximum Gasteiger partial charge on any atom is 0.256 e. The lowest BCUT2D eigenvalue weighted by Gasteiger charge is -2.06. The van der Waals surface area contributed by atoms with Gasteiger partial charge < -0.3 is 5.32 Å². The largest absolute Gasteiger partial charge is 0.348 e. The summed E-state index contributed by atoms with van der Waals surface area (Å²) in [7, 11) is 0. The van der Waals surface area contributed by atoms with Crippen LogP contribution in [-0.2, 0) is 13.1 Å². The topological polar surface area (TPSA) is 59.8 Å². The number of benzene rings is 1. The standard InChI is InChI=1S/C19H19ClN4O/c1-13-5-7-15(8-6-13)12-24-18(20)17(14(2)23-24)19(25)22-11-16-4-3-9-21-10-16/h3-10H,11-12H2,1-2H3,(H,22,25). The first-order valence-corrected chi connectivity index (χ1v) is 8.38. The first-order valence-electron chi connectivity index (χ1n) is 8.00. The molecule has 3 rings (SSSR count). The van der Waals surface area contributed by atoms with E-state index in [-0.39, 0.29) is 5.91 Å². The van der Waals surface area contributed by atoms with Gasteiger partial charge in [0.25, 0.3) is 5.91 Å². The van der Waals surface area contributed by atoms with Crippen LogP contribution in [0, 0.1) is 13.8 Å². The molecule has 2 aromatic heterocycles. The molecule has 0 spiro atoms. The molecule has 0 saturated heterocycles. The van der Waals surface area contributed by atoms with Crippen molar-refractivity contribution in [1.29, 1.82) is 0 Å². The SMILES string of the molecule is Cc1ccc(Cn2nc(C)c(C(=O)NCc3cccnc3)c2Cl)cc1. The third-order valence-corrected chi connectivity index (χ3v) is 4.31. The third-order valence-electron chi connectivity index (χ3n) is 3.92. The highest BCUT2D eigenvalue weighted by atomic mass is 35.5. The molecule has 5 nitrogen and oxygen atoms in total. The molecule has 128 valence electrons. The molecule has 1 aromatic carbocycles. The molecule has 0 atom stereocenters. The highest BCUT2D eigenvalue weighted by Crippen LogP contribution is 2.21. The van der Waals surface area contributed by atoms with Crippen LogP contribution < -0.4 is 5.32 Å². The predicted molar refractivity (Wildman–Crippen MR) is 97.7 cm³/mol. The van der Waals surface area contributed by atoms with E-state index in [0.717, 1.165) is 11.1 Å². The van der Waals surface area contributed by atoms with Gasteiger partial charge in [0.2, 0.25) is 0 Å². The van der Waals surface area contributed by atoms with Gasteiger partial charge in [-0.2, -0.15) is 5.10 Å². The summed E-state index contributed by atoms with van der Waals surface area (Å²) < 4.78 is 1.65. The van der Waals surface area contributed by atoms with Crippen molar-refractivity contribution in [2.45, 2.75) is 26.9 Å². The number of aromatic nitrogens is 3. The van der Waals surface area contributed by atoms with Gasteiger partial charge in [0.05, 0.1) is 17.8 Å². The molecular formula is C19H19ClN4O. The molecule has 0 aliphatic carbocycles. The summed E-state index contributed by atoms with van der Waals surface area (Å²) in [5.41, 5.74) is 4.23. The van der Waals surface area contributed by atoms with Gasteiger partial charge in [-0.05, 0) is 31.0 Å². The number of hydrogen-bond donors (Lipinski definition) is 1. The smallest absolute Gasteiger partial charge is 0.256 e. The van der Waals surface area contributed by atoms with Gasteiger partial charge in [-0.25, -0.2) is 4.68 Å². The summed E-state index contributed by atoms with van der Waals surface area (Å²) in [6.45, 7) is 4.75. The molecule has 0 aliphatic rings. The molecule has 0 fully saturated rings. The molecule has 1 amide bonds. The van der Waals surface area contributed by atoms with Crippen molar-refractivity contribution in [2.75, 3.05) is 0 Å². The summed E-state index contributed by atoms with van der Waals surface area (Å²) in [5, 5.41) is 7.63. The van der Waals surface area contributed by atoms with Crippen molar-refractivity contribution < 1.29 is 4.79 Å². The Hall–Kier alpha value is -2.66. The summed E-state index contributed by atoms with van der Waals surface area (Å²) in [5.74, 6) is -0.235. The van der Waals surface area contributed by atoms with E-state index in [1.54, 1.807) is 24.0 Å². The first-order chi connectivity index (χ1) is 12.0. The molecule has 2 heterocycles. The number of nitrogens with zero attached hydrogens (tertiary/aromatic N) is 3. The van der Waals surface area contributed by atoms with Crippen molar-refractivity contribution >= 4 is 17.5 Å². The van der Waals surface area contributed by atoms with E-state index < -0.39 is 0 Å². The molecule has 3 aromatic rings. The summed E-state index contributed by atoms with van der Waals surface area (Å²) in [6, 6.07) is 11.9. The zero-order valence-electron chi connectivity index (χ0n) is 14.2. The second-order valence-electron chi connectivity index (χ2n) is 5.94. The third kappa shape index (κ3) is 4.06. The van der Waals surface area contributed by atoms with Crippen molar-refractivity contribution in [3.8, 4) is 0 Å². The summed E-state index contributed by atoms with van der Waals surface area (Å²) in [6.07, 6.45) is 3.41. The molecule has 0 bridgehead atoms. The van der Waals surface area contributed by atoms with E-state index in [2.05, 4.69) is 15.4 Å². The zero-order chi connectivity index (χ0) is 17.8. The Kier molecular flexibility index (Phi) is 5.14. The molecule has 1 N–H and O–H groups in total. The van der Waals surface area contributed by atoms with E-state index >= 15 is 0 Å². The fourth-order valence-electron chi connectivity index (χ4n) is 2.56. The zero-order valence-corrected chi connectivity index (χ0v) is 14.9. The average Bonchev–Trinajstić information content (AvgIpc) is 2.89. The Bertz CT molecular complexity index is 872. The minimum Gasteiger partial charge on any atom is -0.348 e. The molecule has 0 radical (unpaired) electrons. The number of rotatable bonds is 5. The second kappa shape index (κ2) is 7.49. The number of nitrogens with one attached hydrogen (secondary N) is 1. The lowest BCUT2D eigenvalue weighted by atomic mass is 10.1. The lowest BCUT2D eigenvalue weighted by molar-refractivity contribution is 0.0950. The highest BCUT2D eigenvalue weighted by Gasteiger charge is 2.20. The number of amides is 1.